The molecule has 1 spiro atoms. The van der Waals surface area contributed by atoms with Crippen LogP contribution in [0.4, 0.5) is 0 Å². The van der Waals surface area contributed by atoms with Gasteiger partial charge in [-0.2, -0.15) is 0 Å². The monoisotopic (exact) mass is 266 g/mol. The normalized spacial score (nSPS) is 26.5. The molecule has 0 bridgehead atoms. The standard InChI is InChI=1S/C17H14O3/c18-15-11-16(20-15)12-19-17(16,13-7-3-1-4-8-13)14-9-5-2-6-10-14/h1-10H,11-12H2. The molecule has 0 N–H and O–H groups in total. The Bertz CT molecular complexity index is 601. The van der Waals surface area contributed by atoms with Gasteiger partial charge < -0.3 is 9.47 Å². The lowest BCUT2D eigenvalue weighted by molar-refractivity contribution is -0.332. The number of hydrogen-bond acceptors (Lipinski definition) is 3. The highest BCUT2D eigenvalue weighted by Gasteiger charge is 2.71. The molecule has 2 aromatic rings. The van der Waals surface area contributed by atoms with Gasteiger partial charge in [0, 0.05) is 0 Å². The van der Waals surface area contributed by atoms with E-state index in [1.54, 1.807) is 0 Å². The van der Waals surface area contributed by atoms with Crippen molar-refractivity contribution in [3.8, 4) is 0 Å². The number of benzene rings is 2. The van der Waals surface area contributed by atoms with E-state index < -0.39 is 11.2 Å². The predicted molar refractivity (Wildman–Crippen MR) is 73.1 cm³/mol. The third-order valence-electron chi connectivity index (χ3n) is 4.26. The molecule has 2 fully saturated rings. The molecule has 0 radical (unpaired) electrons. The Morgan fingerprint density at radius 3 is 1.70 bits per heavy atom. The summed E-state index contributed by atoms with van der Waals surface area (Å²) in [6.07, 6.45) is 0.413. The Labute approximate surface area is 117 Å². The Balaban J connectivity index is 1.89. The average Bonchev–Trinajstić information content (AvgIpc) is 2.45. The number of hydrogen-bond donors (Lipinski definition) is 0. The van der Waals surface area contributed by atoms with Gasteiger partial charge in [0.1, 0.15) is 0 Å². The third kappa shape index (κ3) is 1.30. The summed E-state index contributed by atoms with van der Waals surface area (Å²) in [5.74, 6) is -0.149. The quantitative estimate of drug-likeness (QED) is 0.784. The molecule has 2 heterocycles. The van der Waals surface area contributed by atoms with Crippen LogP contribution in [0.1, 0.15) is 17.5 Å². The molecular weight excluding hydrogens is 252 g/mol. The SMILES string of the molecule is O=C1CC2(COC2(c2ccccc2)c2ccccc2)O1. The summed E-state index contributed by atoms with van der Waals surface area (Å²) < 4.78 is 11.5. The molecule has 1 unspecified atom stereocenters. The van der Waals surface area contributed by atoms with Crippen LogP contribution in [0.25, 0.3) is 0 Å². The lowest BCUT2D eigenvalue weighted by Gasteiger charge is -2.61. The first-order valence-electron chi connectivity index (χ1n) is 6.74. The first-order valence-corrected chi connectivity index (χ1v) is 6.74. The molecule has 0 aromatic heterocycles. The number of carbonyl (C=O) groups is 1. The zero-order valence-corrected chi connectivity index (χ0v) is 10.9. The summed E-state index contributed by atoms with van der Waals surface area (Å²) in [4.78, 5) is 11.4. The van der Waals surface area contributed by atoms with Crippen molar-refractivity contribution in [2.75, 3.05) is 6.61 Å². The summed E-state index contributed by atoms with van der Waals surface area (Å²) in [6, 6.07) is 20.0. The Kier molecular flexibility index (Phi) is 2.30. The second-order valence-electron chi connectivity index (χ2n) is 5.35. The Morgan fingerprint density at radius 1 is 0.850 bits per heavy atom. The summed E-state index contributed by atoms with van der Waals surface area (Å²) >= 11 is 0. The van der Waals surface area contributed by atoms with E-state index in [0.29, 0.717) is 13.0 Å². The van der Waals surface area contributed by atoms with E-state index in [1.165, 1.54) is 0 Å². The molecule has 100 valence electrons. The molecular formula is C17H14O3. The Hall–Kier alpha value is -2.13. The van der Waals surface area contributed by atoms with Gasteiger partial charge in [0.2, 0.25) is 0 Å². The van der Waals surface area contributed by atoms with Gasteiger partial charge >= 0.3 is 5.97 Å². The fraction of sp³-hybridized carbons (Fsp3) is 0.235. The summed E-state index contributed by atoms with van der Waals surface area (Å²) in [5.41, 5.74) is 0.867. The van der Waals surface area contributed by atoms with Crippen LogP contribution in [-0.4, -0.2) is 18.2 Å². The van der Waals surface area contributed by atoms with Gasteiger partial charge in [0.25, 0.3) is 0 Å². The largest absolute Gasteiger partial charge is 0.452 e. The van der Waals surface area contributed by atoms with Gasteiger partial charge in [-0.1, -0.05) is 60.7 Å². The predicted octanol–water partition coefficient (Wildman–Crippen LogP) is 2.65. The number of carbonyl (C=O) groups excluding carboxylic acids is 1. The molecule has 0 amide bonds. The summed E-state index contributed by atoms with van der Waals surface area (Å²) in [5, 5.41) is 0. The first-order chi connectivity index (χ1) is 9.77. The highest BCUT2D eigenvalue weighted by Crippen LogP contribution is 2.57. The molecule has 20 heavy (non-hydrogen) atoms. The van der Waals surface area contributed by atoms with Crippen molar-refractivity contribution in [3.63, 3.8) is 0 Å². The molecule has 1 atom stereocenters. The van der Waals surface area contributed by atoms with Crippen LogP contribution in [0.15, 0.2) is 60.7 Å². The minimum Gasteiger partial charge on any atom is -0.452 e. The fourth-order valence-corrected chi connectivity index (χ4v) is 3.30. The smallest absolute Gasteiger partial charge is 0.310 e. The van der Waals surface area contributed by atoms with Crippen molar-refractivity contribution >= 4 is 5.97 Å². The molecule has 4 rings (SSSR count). The van der Waals surface area contributed by atoms with Gasteiger partial charge in [0.15, 0.2) is 11.2 Å². The van der Waals surface area contributed by atoms with E-state index in [-0.39, 0.29) is 5.97 Å². The highest BCUT2D eigenvalue weighted by molar-refractivity contribution is 5.79. The van der Waals surface area contributed by atoms with Crippen LogP contribution in [0.5, 0.6) is 0 Å². The second kappa shape index (κ2) is 3.93. The van der Waals surface area contributed by atoms with Gasteiger partial charge in [-0.25, -0.2) is 0 Å². The van der Waals surface area contributed by atoms with Crippen LogP contribution in [-0.2, 0) is 19.9 Å². The van der Waals surface area contributed by atoms with Crippen LogP contribution >= 0.6 is 0 Å². The van der Waals surface area contributed by atoms with Crippen LogP contribution < -0.4 is 0 Å². The van der Waals surface area contributed by atoms with Gasteiger partial charge in [-0.3, -0.25) is 4.79 Å². The van der Waals surface area contributed by atoms with E-state index in [9.17, 15) is 4.79 Å². The van der Waals surface area contributed by atoms with Crippen LogP contribution in [0.3, 0.4) is 0 Å². The Morgan fingerprint density at radius 2 is 1.35 bits per heavy atom. The molecule has 2 aliphatic heterocycles. The van der Waals surface area contributed by atoms with E-state index >= 15 is 0 Å². The summed E-state index contributed by atoms with van der Waals surface area (Å²) in [6.45, 7) is 0.461. The maximum Gasteiger partial charge on any atom is 0.310 e. The molecule has 0 saturated carbocycles. The molecule has 3 heteroatoms. The number of rotatable bonds is 2. The average molecular weight is 266 g/mol. The molecule has 2 saturated heterocycles. The third-order valence-corrected chi connectivity index (χ3v) is 4.26. The summed E-state index contributed by atoms with van der Waals surface area (Å²) in [7, 11) is 0. The highest BCUT2D eigenvalue weighted by atomic mass is 16.7. The molecule has 3 nitrogen and oxygen atoms in total. The van der Waals surface area contributed by atoms with E-state index in [4.69, 9.17) is 9.47 Å². The minimum absolute atomic E-state index is 0.149. The topological polar surface area (TPSA) is 35.5 Å². The molecule has 0 aliphatic carbocycles. The maximum absolute atomic E-state index is 11.4. The zero-order chi connectivity index (χ0) is 13.6. The maximum atomic E-state index is 11.4. The number of ether oxygens (including phenoxy) is 2. The zero-order valence-electron chi connectivity index (χ0n) is 10.9. The van der Waals surface area contributed by atoms with Crippen LogP contribution in [0, 0.1) is 0 Å². The van der Waals surface area contributed by atoms with Gasteiger partial charge in [-0.15, -0.1) is 0 Å². The van der Waals surface area contributed by atoms with Crippen LogP contribution in [0.2, 0.25) is 0 Å². The number of esters is 1. The van der Waals surface area contributed by atoms with Crippen molar-refractivity contribution in [1.82, 2.24) is 0 Å². The van der Waals surface area contributed by atoms with E-state index in [0.717, 1.165) is 11.1 Å². The lowest BCUT2D eigenvalue weighted by Crippen LogP contribution is -2.74. The minimum atomic E-state index is -0.663. The van der Waals surface area contributed by atoms with Crippen molar-refractivity contribution < 1.29 is 14.3 Å². The van der Waals surface area contributed by atoms with Crippen molar-refractivity contribution in [2.45, 2.75) is 17.6 Å². The lowest BCUT2D eigenvalue weighted by atomic mass is 9.65. The van der Waals surface area contributed by atoms with Crippen molar-refractivity contribution in [3.05, 3.63) is 71.8 Å². The van der Waals surface area contributed by atoms with Gasteiger partial charge in [-0.05, 0) is 11.1 Å². The van der Waals surface area contributed by atoms with Crippen molar-refractivity contribution in [2.24, 2.45) is 0 Å². The molecule has 2 aromatic carbocycles. The molecule has 2 aliphatic rings. The van der Waals surface area contributed by atoms with E-state index in [1.807, 2.05) is 60.7 Å². The second-order valence-corrected chi connectivity index (χ2v) is 5.35. The van der Waals surface area contributed by atoms with Crippen molar-refractivity contribution in [1.29, 1.82) is 0 Å². The first kappa shape index (κ1) is 11.7. The van der Waals surface area contributed by atoms with Gasteiger partial charge in [0.05, 0.1) is 13.0 Å². The fourth-order valence-electron chi connectivity index (χ4n) is 3.30. The van der Waals surface area contributed by atoms with E-state index in [2.05, 4.69) is 0 Å².